The maximum atomic E-state index is 12.8. The van der Waals surface area contributed by atoms with E-state index in [1.165, 1.54) is 23.1 Å². The Labute approximate surface area is 157 Å². The molecule has 2 aromatic carbocycles. The van der Waals surface area contributed by atoms with Gasteiger partial charge in [-0.2, -0.15) is 0 Å². The van der Waals surface area contributed by atoms with Crippen molar-refractivity contribution in [3.63, 3.8) is 0 Å². The summed E-state index contributed by atoms with van der Waals surface area (Å²) in [6.45, 7) is 0.174. The van der Waals surface area contributed by atoms with Crippen molar-refractivity contribution in [3.8, 4) is 11.5 Å². The van der Waals surface area contributed by atoms with Crippen molar-refractivity contribution >= 4 is 51.7 Å². The summed E-state index contributed by atoms with van der Waals surface area (Å²) in [6.07, 6.45) is 1.71. The number of nitrogens with zero attached hydrogens (tertiary/aromatic N) is 2. The summed E-state index contributed by atoms with van der Waals surface area (Å²) < 4.78 is 10.9. The van der Waals surface area contributed by atoms with Crippen molar-refractivity contribution in [2.24, 2.45) is 0 Å². The zero-order valence-corrected chi connectivity index (χ0v) is 14.7. The second-order valence-corrected chi connectivity index (χ2v) is 7.08. The largest absolute Gasteiger partial charge is 0.454 e. The van der Waals surface area contributed by atoms with Crippen LogP contribution in [0.3, 0.4) is 0 Å². The highest BCUT2D eigenvalue weighted by Gasteiger charge is 2.34. The minimum atomic E-state index is -0.510. The van der Waals surface area contributed by atoms with Gasteiger partial charge >= 0.3 is 0 Å². The molecule has 26 heavy (non-hydrogen) atoms. The van der Waals surface area contributed by atoms with E-state index in [0.717, 1.165) is 17.3 Å². The number of nitro benzene ring substituents is 1. The zero-order chi connectivity index (χ0) is 18.3. The van der Waals surface area contributed by atoms with Crippen LogP contribution in [0.5, 0.6) is 11.5 Å². The predicted molar refractivity (Wildman–Crippen MR) is 101 cm³/mol. The molecule has 2 aliphatic rings. The highest BCUT2D eigenvalue weighted by Crippen LogP contribution is 2.38. The molecule has 9 heteroatoms. The zero-order valence-electron chi connectivity index (χ0n) is 13.1. The minimum Gasteiger partial charge on any atom is -0.454 e. The lowest BCUT2D eigenvalue weighted by Gasteiger charge is -2.13. The van der Waals surface area contributed by atoms with Crippen LogP contribution in [0, 0.1) is 10.1 Å². The number of thiocarbonyl (C=S) groups is 1. The molecule has 0 atom stereocenters. The topological polar surface area (TPSA) is 81.9 Å². The number of non-ortho nitro benzene ring substituents is 1. The summed E-state index contributed by atoms with van der Waals surface area (Å²) in [5.74, 6) is 0.956. The number of hydrogen-bond donors (Lipinski definition) is 0. The van der Waals surface area contributed by atoms with E-state index in [9.17, 15) is 14.9 Å². The van der Waals surface area contributed by atoms with Gasteiger partial charge in [0.25, 0.3) is 11.6 Å². The summed E-state index contributed by atoms with van der Waals surface area (Å²) in [5.41, 5.74) is 1.04. The van der Waals surface area contributed by atoms with Crippen molar-refractivity contribution < 1.29 is 19.2 Å². The van der Waals surface area contributed by atoms with Crippen molar-refractivity contribution in [2.45, 2.75) is 0 Å². The van der Waals surface area contributed by atoms with Crippen LogP contribution in [-0.2, 0) is 4.79 Å². The van der Waals surface area contributed by atoms with Gasteiger partial charge in [0.1, 0.15) is 0 Å². The van der Waals surface area contributed by atoms with E-state index in [2.05, 4.69) is 0 Å². The number of benzene rings is 2. The standard InChI is InChI=1S/C17H10N2O5S2/c20-16-15(7-10-4-5-13-14(6-10)24-9-23-13)26-17(25)18(16)11-2-1-3-12(8-11)19(21)22/h1-8H,9H2. The van der Waals surface area contributed by atoms with E-state index in [1.54, 1.807) is 24.3 Å². The number of nitro groups is 1. The number of hydrogen-bond acceptors (Lipinski definition) is 7. The maximum absolute atomic E-state index is 12.8. The molecule has 0 saturated carbocycles. The molecule has 0 aromatic heterocycles. The Hall–Kier alpha value is -2.91. The van der Waals surface area contributed by atoms with Gasteiger partial charge in [-0.15, -0.1) is 0 Å². The minimum absolute atomic E-state index is 0.101. The lowest BCUT2D eigenvalue weighted by Crippen LogP contribution is -2.27. The lowest BCUT2D eigenvalue weighted by molar-refractivity contribution is -0.384. The van der Waals surface area contributed by atoms with Crippen LogP contribution in [0.25, 0.3) is 6.08 Å². The highest BCUT2D eigenvalue weighted by molar-refractivity contribution is 8.27. The fraction of sp³-hybridized carbons (Fsp3) is 0.0588. The first-order valence-corrected chi connectivity index (χ1v) is 8.67. The third-order valence-electron chi connectivity index (χ3n) is 3.79. The van der Waals surface area contributed by atoms with Gasteiger partial charge in [0.05, 0.1) is 15.5 Å². The van der Waals surface area contributed by atoms with Gasteiger partial charge in [-0.1, -0.05) is 36.1 Å². The van der Waals surface area contributed by atoms with Gasteiger partial charge in [0.15, 0.2) is 15.8 Å². The maximum Gasteiger partial charge on any atom is 0.271 e. The molecule has 1 saturated heterocycles. The van der Waals surface area contributed by atoms with E-state index < -0.39 is 4.92 Å². The molecule has 4 rings (SSSR count). The summed E-state index contributed by atoms with van der Waals surface area (Å²) in [6, 6.07) is 11.2. The first kappa shape index (κ1) is 16.6. The molecule has 0 unspecified atom stereocenters. The van der Waals surface area contributed by atoms with Gasteiger partial charge in [0.2, 0.25) is 6.79 Å². The smallest absolute Gasteiger partial charge is 0.271 e. The Kier molecular flexibility index (Phi) is 4.09. The summed E-state index contributed by atoms with van der Waals surface area (Å²) in [4.78, 5) is 24.9. The first-order valence-electron chi connectivity index (χ1n) is 7.45. The van der Waals surface area contributed by atoms with Crippen LogP contribution in [0.15, 0.2) is 47.4 Å². The summed E-state index contributed by atoms with van der Waals surface area (Å²) in [7, 11) is 0. The lowest BCUT2D eigenvalue weighted by atomic mass is 10.2. The molecule has 0 radical (unpaired) electrons. The average molecular weight is 386 g/mol. The number of carbonyl (C=O) groups excluding carboxylic acids is 1. The summed E-state index contributed by atoms with van der Waals surface area (Å²) in [5, 5.41) is 11.0. The summed E-state index contributed by atoms with van der Waals surface area (Å²) >= 11 is 6.44. The normalized spacial score (nSPS) is 17.2. The third-order valence-corrected chi connectivity index (χ3v) is 5.09. The van der Waals surface area contributed by atoms with Gasteiger partial charge in [0, 0.05) is 12.1 Å². The quantitative estimate of drug-likeness (QED) is 0.344. The second-order valence-electron chi connectivity index (χ2n) is 5.41. The van der Waals surface area contributed by atoms with Gasteiger partial charge in [-0.3, -0.25) is 19.8 Å². The first-order chi connectivity index (χ1) is 12.5. The van der Waals surface area contributed by atoms with Crippen LogP contribution < -0.4 is 14.4 Å². The Morgan fingerprint density at radius 1 is 1.19 bits per heavy atom. The molecule has 1 fully saturated rings. The van der Waals surface area contributed by atoms with E-state index in [0.29, 0.717) is 26.4 Å². The van der Waals surface area contributed by atoms with Crippen LogP contribution in [0.4, 0.5) is 11.4 Å². The Morgan fingerprint density at radius 2 is 2.00 bits per heavy atom. The molecule has 0 bridgehead atoms. The average Bonchev–Trinajstić information content (AvgIpc) is 3.19. The van der Waals surface area contributed by atoms with Gasteiger partial charge < -0.3 is 9.47 Å². The molecular weight excluding hydrogens is 376 g/mol. The molecule has 2 aliphatic heterocycles. The van der Waals surface area contributed by atoms with E-state index in [1.807, 2.05) is 6.07 Å². The van der Waals surface area contributed by atoms with Crippen molar-refractivity contribution in [1.82, 2.24) is 0 Å². The number of rotatable bonds is 3. The van der Waals surface area contributed by atoms with E-state index in [-0.39, 0.29) is 18.4 Å². The number of amides is 1. The van der Waals surface area contributed by atoms with Crippen molar-refractivity contribution in [1.29, 1.82) is 0 Å². The van der Waals surface area contributed by atoms with Crippen LogP contribution >= 0.6 is 24.0 Å². The molecule has 0 aliphatic carbocycles. The molecule has 2 heterocycles. The number of fused-ring (bicyclic) bond motifs is 1. The molecular formula is C17H10N2O5S2. The Bertz CT molecular complexity index is 989. The number of thioether (sulfide) groups is 1. The van der Waals surface area contributed by atoms with Crippen molar-refractivity contribution in [3.05, 3.63) is 63.0 Å². The number of ether oxygens (including phenoxy) is 2. The van der Waals surface area contributed by atoms with E-state index in [4.69, 9.17) is 21.7 Å². The van der Waals surface area contributed by atoms with Crippen LogP contribution in [0.2, 0.25) is 0 Å². The molecule has 130 valence electrons. The Morgan fingerprint density at radius 3 is 2.81 bits per heavy atom. The predicted octanol–water partition coefficient (Wildman–Crippen LogP) is 3.73. The number of anilines is 1. The van der Waals surface area contributed by atoms with Gasteiger partial charge in [-0.25, -0.2) is 0 Å². The van der Waals surface area contributed by atoms with Crippen LogP contribution in [0.1, 0.15) is 5.56 Å². The molecule has 0 N–H and O–H groups in total. The molecule has 1 amide bonds. The third kappa shape index (κ3) is 2.91. The van der Waals surface area contributed by atoms with Crippen LogP contribution in [-0.4, -0.2) is 21.9 Å². The SMILES string of the molecule is O=C1C(=Cc2ccc3c(c2)OCO3)SC(=S)N1c1cccc([N+](=O)[O-])c1. The van der Waals surface area contributed by atoms with Gasteiger partial charge in [-0.05, 0) is 29.8 Å². The fourth-order valence-electron chi connectivity index (χ4n) is 2.59. The second kappa shape index (κ2) is 6.43. The van der Waals surface area contributed by atoms with E-state index >= 15 is 0 Å². The fourth-order valence-corrected chi connectivity index (χ4v) is 3.89. The highest BCUT2D eigenvalue weighted by atomic mass is 32.2. The molecule has 0 spiro atoms. The Balaban J connectivity index is 1.65. The number of carbonyl (C=O) groups is 1. The molecule has 2 aromatic rings. The monoisotopic (exact) mass is 386 g/mol. The van der Waals surface area contributed by atoms with Crippen molar-refractivity contribution in [2.75, 3.05) is 11.7 Å². The molecule has 7 nitrogen and oxygen atoms in total.